The summed E-state index contributed by atoms with van der Waals surface area (Å²) in [6.07, 6.45) is 3.40. The molecule has 0 aromatic heterocycles. The first-order valence-electron chi connectivity index (χ1n) is 6.32. The second-order valence-corrected chi connectivity index (χ2v) is 6.04. The third-order valence-corrected chi connectivity index (χ3v) is 4.22. The van der Waals surface area contributed by atoms with Crippen molar-refractivity contribution in [3.05, 3.63) is 27.7 Å². The van der Waals surface area contributed by atoms with Crippen molar-refractivity contribution in [3.8, 4) is 5.75 Å². The molecular formula is C14H15BrO3. The minimum atomic E-state index is -0.723. The molecule has 0 bridgehead atoms. The van der Waals surface area contributed by atoms with Crippen molar-refractivity contribution in [2.24, 2.45) is 5.92 Å². The molecule has 1 unspecified atom stereocenters. The fourth-order valence-corrected chi connectivity index (χ4v) is 3.31. The quantitative estimate of drug-likeness (QED) is 0.927. The fourth-order valence-electron chi connectivity index (χ4n) is 2.79. The Bertz CT molecular complexity index is 494. The third kappa shape index (κ3) is 2.26. The van der Waals surface area contributed by atoms with Gasteiger partial charge in [0.1, 0.15) is 5.75 Å². The summed E-state index contributed by atoms with van der Waals surface area (Å²) in [4.78, 5) is 11.0. The monoisotopic (exact) mass is 310 g/mol. The second-order valence-electron chi connectivity index (χ2n) is 5.12. The van der Waals surface area contributed by atoms with Crippen LogP contribution in [0.2, 0.25) is 0 Å². The minimum Gasteiger partial charge on any atom is -0.493 e. The van der Waals surface area contributed by atoms with Gasteiger partial charge in [-0.05, 0) is 42.0 Å². The van der Waals surface area contributed by atoms with Gasteiger partial charge < -0.3 is 9.84 Å². The molecule has 1 atom stereocenters. The lowest BCUT2D eigenvalue weighted by atomic mass is 9.89. The maximum absolute atomic E-state index is 11.0. The lowest BCUT2D eigenvalue weighted by molar-refractivity contribution is -0.137. The van der Waals surface area contributed by atoms with E-state index in [-0.39, 0.29) is 12.3 Å². The molecule has 1 N–H and O–H groups in total. The molecule has 96 valence electrons. The summed E-state index contributed by atoms with van der Waals surface area (Å²) in [5.74, 6) is 0.838. The number of carboxylic acid groups (broad SMARTS) is 1. The van der Waals surface area contributed by atoms with E-state index in [0.29, 0.717) is 12.5 Å². The van der Waals surface area contributed by atoms with Crippen LogP contribution in [0, 0.1) is 5.92 Å². The van der Waals surface area contributed by atoms with Crippen LogP contribution in [0.15, 0.2) is 16.6 Å². The molecule has 3 rings (SSSR count). The Balaban J connectivity index is 2.00. The van der Waals surface area contributed by atoms with Crippen LogP contribution in [0.4, 0.5) is 0 Å². The highest BCUT2D eigenvalue weighted by Gasteiger charge is 2.36. The Labute approximate surface area is 114 Å². The summed E-state index contributed by atoms with van der Waals surface area (Å²) >= 11 is 3.52. The van der Waals surface area contributed by atoms with Crippen molar-refractivity contribution in [2.75, 3.05) is 6.61 Å². The van der Waals surface area contributed by atoms with Gasteiger partial charge >= 0.3 is 5.97 Å². The lowest BCUT2D eigenvalue weighted by Gasteiger charge is -2.18. The van der Waals surface area contributed by atoms with Gasteiger partial charge in [0.15, 0.2) is 0 Å². The molecule has 4 heteroatoms. The molecule has 2 aliphatic rings. The van der Waals surface area contributed by atoms with Gasteiger partial charge in [-0.15, -0.1) is 0 Å². The van der Waals surface area contributed by atoms with Gasteiger partial charge in [-0.25, -0.2) is 0 Å². The number of benzene rings is 1. The summed E-state index contributed by atoms with van der Waals surface area (Å²) in [5, 5.41) is 9.09. The zero-order valence-corrected chi connectivity index (χ0v) is 11.6. The molecular weight excluding hydrogens is 296 g/mol. The molecule has 18 heavy (non-hydrogen) atoms. The van der Waals surface area contributed by atoms with Crippen molar-refractivity contribution in [1.82, 2.24) is 0 Å². The number of hydrogen-bond acceptors (Lipinski definition) is 2. The smallest absolute Gasteiger partial charge is 0.303 e. The first kappa shape index (κ1) is 12.0. The molecule has 3 nitrogen and oxygen atoms in total. The molecule has 1 heterocycles. The number of fused-ring (bicyclic) bond motifs is 1. The number of aliphatic carboxylic acids is 1. The van der Waals surface area contributed by atoms with E-state index >= 15 is 0 Å². The lowest BCUT2D eigenvalue weighted by Crippen LogP contribution is -2.09. The number of halogens is 1. The van der Waals surface area contributed by atoms with Crippen LogP contribution in [-0.4, -0.2) is 17.7 Å². The first-order valence-corrected chi connectivity index (χ1v) is 7.11. The van der Waals surface area contributed by atoms with E-state index < -0.39 is 5.97 Å². The van der Waals surface area contributed by atoms with Crippen LogP contribution < -0.4 is 4.74 Å². The summed E-state index contributed by atoms with van der Waals surface area (Å²) in [6.45, 7) is 0.712. The topological polar surface area (TPSA) is 46.5 Å². The van der Waals surface area contributed by atoms with E-state index in [0.717, 1.165) is 35.0 Å². The van der Waals surface area contributed by atoms with Crippen LogP contribution in [0.1, 0.15) is 36.3 Å². The normalized spacial score (nSPS) is 19.2. The summed E-state index contributed by atoms with van der Waals surface area (Å²) in [6, 6.07) is 4.12. The molecule has 1 aliphatic carbocycles. The third-order valence-electron chi connectivity index (χ3n) is 3.76. The van der Waals surface area contributed by atoms with E-state index in [1.807, 2.05) is 6.07 Å². The number of carboxylic acids is 1. The average molecular weight is 311 g/mol. The van der Waals surface area contributed by atoms with Crippen LogP contribution in [-0.2, 0) is 11.2 Å². The summed E-state index contributed by atoms with van der Waals surface area (Å²) in [7, 11) is 0. The SMILES string of the molecule is O=C(O)CC(c1cc(Br)cc2c1OCC2)C1CC1. The Hall–Kier alpha value is -1.03. The van der Waals surface area contributed by atoms with Crippen molar-refractivity contribution in [2.45, 2.75) is 31.6 Å². The molecule has 1 saturated carbocycles. The number of rotatable bonds is 4. The van der Waals surface area contributed by atoms with E-state index in [2.05, 4.69) is 22.0 Å². The van der Waals surface area contributed by atoms with Gasteiger partial charge in [0.2, 0.25) is 0 Å². The highest BCUT2D eigenvalue weighted by atomic mass is 79.9. The molecule has 1 aliphatic heterocycles. The highest BCUT2D eigenvalue weighted by molar-refractivity contribution is 9.10. The van der Waals surface area contributed by atoms with Gasteiger partial charge in [-0.2, -0.15) is 0 Å². The molecule has 1 aromatic rings. The minimum absolute atomic E-state index is 0.104. The van der Waals surface area contributed by atoms with Crippen LogP contribution in [0.5, 0.6) is 5.75 Å². The van der Waals surface area contributed by atoms with Crippen molar-refractivity contribution < 1.29 is 14.6 Å². The average Bonchev–Trinajstić information content (AvgIpc) is 3.04. The van der Waals surface area contributed by atoms with Crippen molar-refractivity contribution in [3.63, 3.8) is 0 Å². The Morgan fingerprint density at radius 2 is 2.28 bits per heavy atom. The number of ether oxygens (including phenoxy) is 1. The molecule has 0 radical (unpaired) electrons. The van der Waals surface area contributed by atoms with Crippen LogP contribution in [0.25, 0.3) is 0 Å². The van der Waals surface area contributed by atoms with Gasteiger partial charge in [0.05, 0.1) is 13.0 Å². The molecule has 0 amide bonds. The second kappa shape index (κ2) is 4.57. The summed E-state index contributed by atoms with van der Waals surface area (Å²) in [5.41, 5.74) is 2.29. The van der Waals surface area contributed by atoms with Gasteiger partial charge in [0, 0.05) is 16.8 Å². The fraction of sp³-hybridized carbons (Fsp3) is 0.500. The maximum atomic E-state index is 11.0. The zero-order valence-electron chi connectivity index (χ0n) is 9.99. The van der Waals surface area contributed by atoms with Crippen LogP contribution >= 0.6 is 15.9 Å². The Morgan fingerprint density at radius 3 is 2.94 bits per heavy atom. The van der Waals surface area contributed by atoms with Crippen LogP contribution in [0.3, 0.4) is 0 Å². The van der Waals surface area contributed by atoms with Gasteiger partial charge in [-0.1, -0.05) is 15.9 Å². The molecule has 1 fully saturated rings. The summed E-state index contributed by atoms with van der Waals surface area (Å²) < 4.78 is 6.74. The van der Waals surface area contributed by atoms with E-state index in [1.165, 1.54) is 5.56 Å². The van der Waals surface area contributed by atoms with Crippen molar-refractivity contribution in [1.29, 1.82) is 0 Å². The highest BCUT2D eigenvalue weighted by Crippen LogP contribution is 2.49. The van der Waals surface area contributed by atoms with Gasteiger partial charge in [-0.3, -0.25) is 4.79 Å². The van der Waals surface area contributed by atoms with E-state index in [9.17, 15) is 4.79 Å². The maximum Gasteiger partial charge on any atom is 0.303 e. The Kier molecular flexibility index (Phi) is 3.06. The Morgan fingerprint density at radius 1 is 1.50 bits per heavy atom. The zero-order chi connectivity index (χ0) is 12.7. The predicted molar refractivity (Wildman–Crippen MR) is 71.1 cm³/mol. The van der Waals surface area contributed by atoms with Crippen molar-refractivity contribution >= 4 is 21.9 Å². The first-order chi connectivity index (χ1) is 8.65. The van der Waals surface area contributed by atoms with E-state index in [4.69, 9.17) is 9.84 Å². The van der Waals surface area contributed by atoms with Gasteiger partial charge in [0.25, 0.3) is 0 Å². The predicted octanol–water partition coefficient (Wildman–Crippen LogP) is 3.35. The molecule has 0 spiro atoms. The largest absolute Gasteiger partial charge is 0.493 e. The molecule has 1 aromatic carbocycles. The van der Waals surface area contributed by atoms with E-state index in [1.54, 1.807) is 0 Å². The standard InChI is InChI=1S/C14H15BrO3/c15-10-5-9-3-4-18-14(9)12(6-10)11(7-13(16)17)8-1-2-8/h5-6,8,11H,1-4,7H2,(H,16,17). The number of carbonyl (C=O) groups is 1. The number of hydrogen-bond donors (Lipinski definition) is 1. The molecule has 0 saturated heterocycles.